The van der Waals surface area contributed by atoms with Gasteiger partial charge in [0.2, 0.25) is 5.89 Å². The number of halogens is 1. The summed E-state index contributed by atoms with van der Waals surface area (Å²) in [5.41, 5.74) is 4.45. The lowest BCUT2D eigenvalue weighted by molar-refractivity contribution is 0.0975. The Kier molecular flexibility index (Phi) is 6.62. The Morgan fingerprint density at radius 2 is 1.85 bits per heavy atom. The van der Waals surface area contributed by atoms with E-state index >= 15 is 0 Å². The smallest absolute Gasteiger partial charge is 0.261 e. The second-order valence-electron chi connectivity index (χ2n) is 7.73. The molecule has 168 valence electrons. The van der Waals surface area contributed by atoms with Crippen molar-refractivity contribution in [3.63, 3.8) is 0 Å². The van der Waals surface area contributed by atoms with Gasteiger partial charge in [-0.05, 0) is 72.2 Å². The fourth-order valence-electron chi connectivity index (χ4n) is 3.33. The summed E-state index contributed by atoms with van der Waals surface area (Å²) in [7, 11) is 1.48. The highest BCUT2D eigenvalue weighted by Gasteiger charge is 2.15. The number of nitrogens with zero attached hydrogens (tertiary/aromatic N) is 1. The quantitative estimate of drug-likeness (QED) is 0.322. The number of benzene rings is 3. The van der Waals surface area contributed by atoms with Crippen molar-refractivity contribution in [2.45, 2.75) is 19.8 Å². The number of rotatable bonds is 5. The summed E-state index contributed by atoms with van der Waals surface area (Å²) < 4.78 is 11.1. The molecular formula is C25H22ClN3O3S. The molecule has 8 heteroatoms. The van der Waals surface area contributed by atoms with Crippen LogP contribution in [0.4, 0.5) is 5.69 Å². The summed E-state index contributed by atoms with van der Waals surface area (Å²) >= 11 is 11.3. The highest BCUT2D eigenvalue weighted by Crippen LogP contribution is 2.28. The molecule has 1 heterocycles. The number of carbonyl (C=O) groups is 1. The summed E-state index contributed by atoms with van der Waals surface area (Å²) in [6.45, 7) is 4.31. The van der Waals surface area contributed by atoms with Gasteiger partial charge in [-0.1, -0.05) is 37.6 Å². The van der Waals surface area contributed by atoms with Crippen molar-refractivity contribution in [3.8, 4) is 17.2 Å². The van der Waals surface area contributed by atoms with Gasteiger partial charge in [0.25, 0.3) is 5.91 Å². The molecule has 0 bridgehead atoms. The van der Waals surface area contributed by atoms with E-state index in [-0.39, 0.29) is 10.7 Å². The Morgan fingerprint density at radius 1 is 1.09 bits per heavy atom. The molecule has 33 heavy (non-hydrogen) atoms. The third-order valence-corrected chi connectivity index (χ3v) is 5.54. The van der Waals surface area contributed by atoms with E-state index in [2.05, 4.69) is 41.6 Å². The molecule has 0 aliphatic carbocycles. The maximum Gasteiger partial charge on any atom is 0.261 e. The van der Waals surface area contributed by atoms with Gasteiger partial charge in [-0.15, -0.1) is 0 Å². The number of carbonyl (C=O) groups excluding carboxylic acids is 1. The molecule has 4 rings (SSSR count). The van der Waals surface area contributed by atoms with Gasteiger partial charge in [0.15, 0.2) is 10.7 Å². The van der Waals surface area contributed by atoms with E-state index in [0.717, 1.165) is 5.56 Å². The number of amides is 1. The lowest BCUT2D eigenvalue weighted by atomic mass is 10.0. The molecule has 0 unspecified atom stereocenters. The average molecular weight is 480 g/mol. The second kappa shape index (κ2) is 9.60. The maximum absolute atomic E-state index is 12.6. The predicted molar refractivity (Wildman–Crippen MR) is 135 cm³/mol. The van der Waals surface area contributed by atoms with Crippen LogP contribution in [0.3, 0.4) is 0 Å². The zero-order valence-corrected chi connectivity index (χ0v) is 19.9. The summed E-state index contributed by atoms with van der Waals surface area (Å²) in [6.07, 6.45) is 0. The first-order chi connectivity index (χ1) is 15.8. The number of nitrogens with one attached hydrogen (secondary N) is 2. The van der Waals surface area contributed by atoms with Crippen molar-refractivity contribution in [1.82, 2.24) is 10.3 Å². The van der Waals surface area contributed by atoms with Crippen molar-refractivity contribution >= 4 is 51.6 Å². The van der Waals surface area contributed by atoms with Crippen molar-refractivity contribution in [2.75, 3.05) is 12.4 Å². The molecule has 1 aromatic heterocycles. The molecule has 0 atom stereocenters. The van der Waals surface area contributed by atoms with Crippen molar-refractivity contribution in [2.24, 2.45) is 0 Å². The molecule has 2 N–H and O–H groups in total. The summed E-state index contributed by atoms with van der Waals surface area (Å²) in [5, 5.41) is 6.19. The predicted octanol–water partition coefficient (Wildman–Crippen LogP) is 6.41. The summed E-state index contributed by atoms with van der Waals surface area (Å²) in [5.74, 6) is 0.973. The minimum atomic E-state index is -0.429. The van der Waals surface area contributed by atoms with Gasteiger partial charge in [-0.3, -0.25) is 10.1 Å². The minimum absolute atomic E-state index is 0.134. The van der Waals surface area contributed by atoms with E-state index in [9.17, 15) is 4.79 Å². The summed E-state index contributed by atoms with van der Waals surface area (Å²) in [6, 6.07) is 18.4. The van der Waals surface area contributed by atoms with Crippen LogP contribution in [0.1, 0.15) is 35.7 Å². The molecule has 0 fully saturated rings. The van der Waals surface area contributed by atoms with Gasteiger partial charge >= 0.3 is 0 Å². The van der Waals surface area contributed by atoms with Crippen LogP contribution in [0.15, 0.2) is 65.1 Å². The Balaban J connectivity index is 1.48. The summed E-state index contributed by atoms with van der Waals surface area (Å²) in [4.78, 5) is 17.2. The first-order valence-corrected chi connectivity index (χ1v) is 11.1. The van der Waals surface area contributed by atoms with Crippen molar-refractivity contribution < 1.29 is 13.9 Å². The van der Waals surface area contributed by atoms with Crippen LogP contribution in [0.2, 0.25) is 5.02 Å². The Hall–Kier alpha value is -3.42. The number of anilines is 1. The van der Waals surface area contributed by atoms with E-state index in [0.29, 0.717) is 39.4 Å². The number of thiocarbonyl (C=S) groups is 1. The normalized spacial score (nSPS) is 10.9. The second-order valence-corrected chi connectivity index (χ2v) is 8.58. The van der Waals surface area contributed by atoms with Crippen LogP contribution in [-0.2, 0) is 0 Å². The number of aromatic nitrogens is 1. The number of hydrogen-bond donors (Lipinski definition) is 2. The van der Waals surface area contributed by atoms with Crippen molar-refractivity contribution in [1.29, 1.82) is 0 Å². The van der Waals surface area contributed by atoms with Crippen LogP contribution in [0.25, 0.3) is 22.6 Å². The average Bonchev–Trinajstić information content (AvgIpc) is 3.22. The molecule has 4 aromatic rings. The highest BCUT2D eigenvalue weighted by atomic mass is 35.5. The molecule has 3 aromatic carbocycles. The fraction of sp³-hybridized carbons (Fsp3) is 0.160. The largest absolute Gasteiger partial charge is 0.496 e. The topological polar surface area (TPSA) is 76.4 Å². The molecule has 0 saturated carbocycles. The Morgan fingerprint density at radius 3 is 2.55 bits per heavy atom. The molecule has 1 amide bonds. The van der Waals surface area contributed by atoms with E-state index in [1.807, 2.05) is 18.2 Å². The number of hydrogen-bond acceptors (Lipinski definition) is 5. The maximum atomic E-state index is 12.6. The van der Waals surface area contributed by atoms with Gasteiger partial charge in [0.05, 0.1) is 12.7 Å². The van der Waals surface area contributed by atoms with Gasteiger partial charge in [0.1, 0.15) is 11.3 Å². The Bertz CT molecular complexity index is 1330. The SMILES string of the molecule is COc1ccc(Cl)cc1C(=O)NC(=S)Nc1ccc2oc(-c3ccc(C(C)C)cc3)nc2c1. The van der Waals surface area contributed by atoms with E-state index in [1.54, 1.807) is 24.3 Å². The zero-order valence-electron chi connectivity index (χ0n) is 18.3. The Labute approximate surface area is 201 Å². The zero-order chi connectivity index (χ0) is 23.5. The van der Waals surface area contributed by atoms with E-state index in [1.165, 1.54) is 18.7 Å². The molecule has 0 radical (unpaired) electrons. The molecule has 0 aliphatic heterocycles. The molecule has 0 spiro atoms. The minimum Gasteiger partial charge on any atom is -0.496 e. The van der Waals surface area contributed by atoms with Crippen LogP contribution >= 0.6 is 23.8 Å². The first-order valence-electron chi connectivity index (χ1n) is 10.3. The van der Waals surface area contributed by atoms with Gasteiger partial charge < -0.3 is 14.5 Å². The molecule has 6 nitrogen and oxygen atoms in total. The number of ether oxygens (including phenoxy) is 1. The standard InChI is InChI=1S/C25H22ClN3O3S/c1-14(2)15-4-6-16(7-5-15)24-28-20-13-18(9-11-22(20)32-24)27-25(33)29-23(30)19-12-17(26)8-10-21(19)31-3/h4-14H,1-3H3,(H2,27,29,30,33). The monoisotopic (exact) mass is 479 g/mol. The van der Waals surface area contributed by atoms with Crippen LogP contribution in [-0.4, -0.2) is 23.1 Å². The van der Waals surface area contributed by atoms with Gasteiger partial charge in [-0.2, -0.15) is 0 Å². The molecule has 0 saturated heterocycles. The van der Waals surface area contributed by atoms with Crippen LogP contribution < -0.4 is 15.4 Å². The number of methoxy groups -OCH3 is 1. The van der Waals surface area contributed by atoms with Crippen LogP contribution in [0.5, 0.6) is 5.75 Å². The number of fused-ring (bicyclic) bond motifs is 1. The van der Waals surface area contributed by atoms with Crippen LogP contribution in [0, 0.1) is 0 Å². The lowest BCUT2D eigenvalue weighted by Crippen LogP contribution is -2.34. The third-order valence-electron chi connectivity index (χ3n) is 5.10. The van der Waals surface area contributed by atoms with E-state index < -0.39 is 5.91 Å². The van der Waals surface area contributed by atoms with Crippen molar-refractivity contribution in [3.05, 3.63) is 76.8 Å². The molecule has 0 aliphatic rings. The van der Waals surface area contributed by atoms with Gasteiger partial charge in [-0.25, -0.2) is 4.98 Å². The molecular weight excluding hydrogens is 458 g/mol. The lowest BCUT2D eigenvalue weighted by Gasteiger charge is -2.12. The number of oxazole rings is 1. The van der Waals surface area contributed by atoms with Gasteiger partial charge in [0, 0.05) is 16.3 Å². The third kappa shape index (κ3) is 5.16. The first kappa shape index (κ1) is 22.8. The highest BCUT2D eigenvalue weighted by molar-refractivity contribution is 7.80. The fourth-order valence-corrected chi connectivity index (χ4v) is 3.71. The van der Waals surface area contributed by atoms with E-state index in [4.69, 9.17) is 33.0 Å².